The summed E-state index contributed by atoms with van der Waals surface area (Å²) in [7, 11) is 0. The molecule has 17 heavy (non-hydrogen) atoms. The minimum Gasteiger partial charge on any atom is -0.338 e. The van der Waals surface area contributed by atoms with Gasteiger partial charge in [0.2, 0.25) is 0 Å². The van der Waals surface area contributed by atoms with Gasteiger partial charge < -0.3 is 4.90 Å². The third-order valence-corrected chi connectivity index (χ3v) is 3.40. The van der Waals surface area contributed by atoms with E-state index in [2.05, 4.69) is 38.8 Å². The number of hydrogen-bond donors (Lipinski definition) is 0. The molecule has 1 rings (SSSR count). The van der Waals surface area contributed by atoms with Crippen LogP contribution < -0.4 is 0 Å². The van der Waals surface area contributed by atoms with Crippen LogP contribution in [-0.2, 0) is 0 Å². The van der Waals surface area contributed by atoms with Crippen molar-refractivity contribution < 1.29 is 4.79 Å². The first-order chi connectivity index (χ1) is 8.19. The van der Waals surface area contributed by atoms with Crippen molar-refractivity contribution in [3.8, 4) is 0 Å². The minimum atomic E-state index is 0.116. The maximum atomic E-state index is 12.2. The summed E-state index contributed by atoms with van der Waals surface area (Å²) in [5, 5.41) is 0.818. The molecule has 1 aromatic rings. The van der Waals surface area contributed by atoms with Gasteiger partial charge in [0.25, 0.3) is 5.91 Å². The highest BCUT2D eigenvalue weighted by Gasteiger charge is 2.14. The Labute approximate surface area is 120 Å². The molecule has 0 spiro atoms. The molecule has 0 saturated heterocycles. The van der Waals surface area contributed by atoms with E-state index in [1.807, 2.05) is 29.2 Å². The van der Waals surface area contributed by atoms with E-state index in [1.54, 1.807) is 0 Å². The molecule has 1 aromatic carbocycles. The number of amides is 1. The highest BCUT2D eigenvalue weighted by Crippen LogP contribution is 2.13. The Morgan fingerprint density at radius 2 is 1.88 bits per heavy atom. The van der Waals surface area contributed by atoms with Gasteiger partial charge in [-0.3, -0.25) is 4.79 Å². The molecular formula is C13H17Br2NO. The zero-order valence-electron chi connectivity index (χ0n) is 9.96. The minimum absolute atomic E-state index is 0.116. The first-order valence-corrected chi connectivity index (χ1v) is 7.71. The number of carbonyl (C=O) groups is 1. The van der Waals surface area contributed by atoms with E-state index in [0.717, 1.165) is 41.3 Å². The highest BCUT2D eigenvalue weighted by molar-refractivity contribution is 9.10. The molecule has 0 aliphatic rings. The van der Waals surface area contributed by atoms with Crippen molar-refractivity contribution in [1.82, 2.24) is 4.90 Å². The number of rotatable bonds is 6. The van der Waals surface area contributed by atoms with Crippen molar-refractivity contribution in [3.05, 3.63) is 34.3 Å². The second-order valence-electron chi connectivity index (χ2n) is 3.84. The van der Waals surface area contributed by atoms with Crippen molar-refractivity contribution >= 4 is 37.8 Å². The Hall–Kier alpha value is -0.350. The molecule has 0 atom stereocenters. The first kappa shape index (κ1) is 14.7. The number of hydrogen-bond acceptors (Lipinski definition) is 1. The summed E-state index contributed by atoms with van der Waals surface area (Å²) in [6, 6.07) is 7.53. The third-order valence-electron chi connectivity index (χ3n) is 2.51. The van der Waals surface area contributed by atoms with Crippen molar-refractivity contribution in [2.75, 3.05) is 18.4 Å². The molecule has 0 aromatic heterocycles. The van der Waals surface area contributed by atoms with Gasteiger partial charge in [-0.25, -0.2) is 0 Å². The largest absolute Gasteiger partial charge is 0.338 e. The Bertz CT molecular complexity index is 351. The molecule has 0 bridgehead atoms. The van der Waals surface area contributed by atoms with Gasteiger partial charge in [-0.1, -0.05) is 45.2 Å². The molecule has 0 saturated carbocycles. The highest BCUT2D eigenvalue weighted by atomic mass is 79.9. The lowest BCUT2D eigenvalue weighted by Crippen LogP contribution is -2.33. The predicted molar refractivity (Wildman–Crippen MR) is 78.7 cm³/mol. The van der Waals surface area contributed by atoms with Crippen LogP contribution in [0.1, 0.15) is 30.1 Å². The molecule has 0 radical (unpaired) electrons. The van der Waals surface area contributed by atoms with Crippen molar-refractivity contribution in [2.45, 2.75) is 19.8 Å². The number of halogens is 2. The predicted octanol–water partition coefficient (Wildman–Crippen LogP) is 4.09. The van der Waals surface area contributed by atoms with Gasteiger partial charge in [0.05, 0.1) is 0 Å². The third kappa shape index (κ3) is 4.80. The quantitative estimate of drug-likeness (QED) is 0.698. The molecule has 0 N–H and O–H groups in total. The van der Waals surface area contributed by atoms with E-state index in [4.69, 9.17) is 0 Å². The van der Waals surface area contributed by atoms with Gasteiger partial charge in [0.15, 0.2) is 0 Å². The summed E-state index contributed by atoms with van der Waals surface area (Å²) in [6.07, 6.45) is 2.15. The zero-order valence-corrected chi connectivity index (χ0v) is 13.1. The number of benzene rings is 1. The number of unbranched alkanes of at least 4 members (excludes halogenated alkanes) is 1. The molecule has 0 fully saturated rings. The summed E-state index contributed by atoms with van der Waals surface area (Å²) < 4.78 is 0.995. The SMILES string of the molecule is CCCCN(CCBr)C(=O)c1ccc(Br)cc1. The number of nitrogens with zero attached hydrogens (tertiary/aromatic N) is 1. The van der Waals surface area contributed by atoms with E-state index in [0.29, 0.717) is 0 Å². The van der Waals surface area contributed by atoms with Gasteiger partial charge in [0.1, 0.15) is 0 Å². The van der Waals surface area contributed by atoms with Crippen LogP contribution >= 0.6 is 31.9 Å². The van der Waals surface area contributed by atoms with Crippen LogP contribution in [0.2, 0.25) is 0 Å². The van der Waals surface area contributed by atoms with E-state index >= 15 is 0 Å². The molecule has 4 heteroatoms. The van der Waals surface area contributed by atoms with Gasteiger partial charge >= 0.3 is 0 Å². The molecule has 2 nitrogen and oxygen atoms in total. The molecular weight excluding hydrogens is 346 g/mol. The van der Waals surface area contributed by atoms with Crippen LogP contribution in [0.25, 0.3) is 0 Å². The number of carbonyl (C=O) groups excluding carboxylic acids is 1. The first-order valence-electron chi connectivity index (χ1n) is 5.79. The van der Waals surface area contributed by atoms with Crippen LogP contribution in [0.15, 0.2) is 28.7 Å². The average molecular weight is 363 g/mol. The lowest BCUT2D eigenvalue weighted by Gasteiger charge is -2.21. The van der Waals surface area contributed by atoms with Crippen molar-refractivity contribution in [3.63, 3.8) is 0 Å². The van der Waals surface area contributed by atoms with E-state index in [1.165, 1.54) is 0 Å². The molecule has 94 valence electrons. The fourth-order valence-corrected chi connectivity index (χ4v) is 2.23. The maximum Gasteiger partial charge on any atom is 0.253 e. The topological polar surface area (TPSA) is 20.3 Å². The number of alkyl halides is 1. The lowest BCUT2D eigenvalue weighted by atomic mass is 10.2. The summed E-state index contributed by atoms with van der Waals surface area (Å²) in [6.45, 7) is 3.72. The fourth-order valence-electron chi connectivity index (χ4n) is 1.54. The van der Waals surface area contributed by atoms with Gasteiger partial charge in [0, 0.05) is 28.5 Å². The van der Waals surface area contributed by atoms with Gasteiger partial charge in [-0.15, -0.1) is 0 Å². The second kappa shape index (κ2) is 7.88. The van der Waals surface area contributed by atoms with E-state index < -0.39 is 0 Å². The summed E-state index contributed by atoms with van der Waals surface area (Å²) in [4.78, 5) is 14.1. The van der Waals surface area contributed by atoms with Gasteiger partial charge in [-0.2, -0.15) is 0 Å². The van der Waals surface area contributed by atoms with Crippen LogP contribution in [0.3, 0.4) is 0 Å². The Balaban J connectivity index is 2.72. The van der Waals surface area contributed by atoms with Crippen LogP contribution in [0.4, 0.5) is 0 Å². The van der Waals surface area contributed by atoms with Crippen LogP contribution in [0, 0.1) is 0 Å². The summed E-state index contributed by atoms with van der Waals surface area (Å²) in [5.41, 5.74) is 0.755. The maximum absolute atomic E-state index is 12.2. The average Bonchev–Trinajstić information content (AvgIpc) is 2.34. The standard InChI is InChI=1S/C13H17Br2NO/c1-2-3-9-16(10-8-14)13(17)11-4-6-12(15)7-5-11/h4-7H,2-3,8-10H2,1H3. The summed E-state index contributed by atoms with van der Waals surface area (Å²) in [5.74, 6) is 0.116. The molecule has 0 aliphatic heterocycles. The monoisotopic (exact) mass is 361 g/mol. The van der Waals surface area contributed by atoms with Crippen molar-refractivity contribution in [1.29, 1.82) is 0 Å². The zero-order chi connectivity index (χ0) is 12.7. The molecule has 1 amide bonds. The van der Waals surface area contributed by atoms with Crippen molar-refractivity contribution in [2.24, 2.45) is 0 Å². The Kier molecular flexibility index (Phi) is 6.82. The second-order valence-corrected chi connectivity index (χ2v) is 5.55. The lowest BCUT2D eigenvalue weighted by molar-refractivity contribution is 0.0764. The summed E-state index contributed by atoms with van der Waals surface area (Å²) >= 11 is 6.76. The molecule has 0 aliphatic carbocycles. The Morgan fingerprint density at radius 1 is 1.24 bits per heavy atom. The van der Waals surface area contributed by atoms with Crippen LogP contribution in [-0.4, -0.2) is 29.2 Å². The van der Waals surface area contributed by atoms with Gasteiger partial charge in [-0.05, 0) is 30.7 Å². The van der Waals surface area contributed by atoms with E-state index in [-0.39, 0.29) is 5.91 Å². The fraction of sp³-hybridized carbons (Fsp3) is 0.462. The smallest absolute Gasteiger partial charge is 0.253 e. The Morgan fingerprint density at radius 3 is 2.41 bits per heavy atom. The van der Waals surface area contributed by atoms with E-state index in [9.17, 15) is 4.79 Å². The van der Waals surface area contributed by atoms with Crippen LogP contribution in [0.5, 0.6) is 0 Å². The normalized spacial score (nSPS) is 10.3. The molecule has 0 heterocycles. The molecule has 0 unspecified atom stereocenters.